The molecule has 4 aliphatic heterocycles. The Bertz CT molecular complexity index is 1680. The van der Waals surface area contributed by atoms with Gasteiger partial charge in [-0.2, -0.15) is 9.97 Å². The van der Waals surface area contributed by atoms with Gasteiger partial charge in [-0.05, 0) is 68.8 Å². The average Bonchev–Trinajstić information content (AvgIpc) is 3.66. The number of carbonyl (C=O) groups excluding carboxylic acids is 1. The number of hydrogen-bond acceptors (Lipinski definition) is 7. The van der Waals surface area contributed by atoms with Gasteiger partial charge in [-0.25, -0.2) is 11.0 Å². The lowest BCUT2D eigenvalue weighted by molar-refractivity contribution is -0.128. The molecule has 46 heavy (non-hydrogen) atoms. The first kappa shape index (κ1) is 30.7. The minimum Gasteiger partial charge on any atom is -0.461 e. The first-order valence-electron chi connectivity index (χ1n) is 16.3. The lowest BCUT2D eigenvalue weighted by atomic mass is 9.95. The molecule has 2 aromatic carbocycles. The Morgan fingerprint density at radius 2 is 1.89 bits per heavy atom. The molecule has 5 heterocycles. The number of piperazine rings is 1. The average molecular weight is 644 g/mol. The highest BCUT2D eigenvalue weighted by atomic mass is 35.5. The molecular weight excluding hydrogens is 605 g/mol. The number of amides is 1. The number of alkyl halides is 1. The summed E-state index contributed by atoms with van der Waals surface area (Å²) in [5.41, 5.74) is 3.14. The molecule has 3 aromatic rings. The summed E-state index contributed by atoms with van der Waals surface area (Å²) in [6.45, 7) is 12.6. The van der Waals surface area contributed by atoms with Crippen LogP contribution in [-0.4, -0.2) is 96.4 Å². The predicted molar refractivity (Wildman–Crippen MR) is 178 cm³/mol. The molecule has 0 N–H and O–H groups in total. The van der Waals surface area contributed by atoms with E-state index in [0.717, 1.165) is 77.5 Å². The maximum Gasteiger partial charge on any atom is 0.318 e. The highest BCUT2D eigenvalue weighted by Crippen LogP contribution is 2.40. The Hall–Kier alpha value is -3.94. The standard InChI is InChI=1S/C35H39ClFN7O2/c1-38-21-26-22-42(19-20-44(26)31(45)11-4-15-37)33-27-12-18-41(30-10-3-8-25-7-2-9-28(36)32(25)30)23-29(27)39-34(40-33)46-24-35-13-5-16-43(35)17-6-14-35/h2-4,7-11,26H,5-6,12-24H2/b11-4+/t26-/m0/s1. The van der Waals surface area contributed by atoms with E-state index in [4.69, 9.17) is 32.9 Å². The van der Waals surface area contributed by atoms with E-state index in [1.807, 2.05) is 12.1 Å². The van der Waals surface area contributed by atoms with Crippen molar-refractivity contribution >= 4 is 39.8 Å². The van der Waals surface area contributed by atoms with Gasteiger partial charge in [0, 0.05) is 48.9 Å². The second-order valence-corrected chi connectivity index (χ2v) is 13.2. The summed E-state index contributed by atoms with van der Waals surface area (Å²) in [6.07, 6.45) is 7.86. The van der Waals surface area contributed by atoms with Crippen LogP contribution in [0.5, 0.6) is 6.01 Å². The normalized spacial score (nSPS) is 21.1. The number of fused-ring (bicyclic) bond motifs is 3. The van der Waals surface area contributed by atoms with E-state index in [2.05, 4.69) is 43.8 Å². The fourth-order valence-corrected chi connectivity index (χ4v) is 8.24. The van der Waals surface area contributed by atoms with Crippen LogP contribution in [0, 0.1) is 6.57 Å². The highest BCUT2D eigenvalue weighted by Gasteiger charge is 2.45. The van der Waals surface area contributed by atoms with Gasteiger partial charge in [0.15, 0.2) is 0 Å². The molecule has 0 saturated carbocycles. The summed E-state index contributed by atoms with van der Waals surface area (Å²) in [5.74, 6) is 0.560. The SMILES string of the molecule is [C-]#[N+]C[C@H]1CN(c2nc(OCC34CCCN3CCC4)nc3c2CCN(c2cccc4cccc(Cl)c24)C3)CCN1C(=O)/C=C/CF. The monoisotopic (exact) mass is 643 g/mol. The zero-order valence-electron chi connectivity index (χ0n) is 26.0. The molecule has 4 aliphatic rings. The van der Waals surface area contributed by atoms with Crippen molar-refractivity contribution in [2.45, 2.75) is 50.2 Å². The fourth-order valence-electron chi connectivity index (χ4n) is 7.96. The molecule has 0 spiro atoms. The van der Waals surface area contributed by atoms with Crippen LogP contribution >= 0.6 is 11.6 Å². The summed E-state index contributed by atoms with van der Waals surface area (Å²) in [6, 6.07) is 12.3. The van der Waals surface area contributed by atoms with Crippen LogP contribution in [0.4, 0.5) is 15.9 Å². The second kappa shape index (κ2) is 13.0. The zero-order chi connectivity index (χ0) is 31.7. The van der Waals surface area contributed by atoms with Gasteiger partial charge in [-0.3, -0.25) is 9.69 Å². The minimum absolute atomic E-state index is 0.0605. The van der Waals surface area contributed by atoms with Gasteiger partial charge in [-0.15, -0.1) is 0 Å². The molecule has 7 rings (SSSR count). The van der Waals surface area contributed by atoms with Crippen molar-refractivity contribution in [1.29, 1.82) is 0 Å². The van der Waals surface area contributed by atoms with Crippen molar-refractivity contribution in [1.82, 2.24) is 19.8 Å². The fraction of sp³-hybridized carbons (Fsp3) is 0.486. The Morgan fingerprint density at radius 3 is 2.67 bits per heavy atom. The third-order valence-electron chi connectivity index (χ3n) is 10.2. The number of benzene rings is 2. The maximum atomic E-state index is 12.8. The van der Waals surface area contributed by atoms with Gasteiger partial charge in [0.25, 0.3) is 0 Å². The summed E-state index contributed by atoms with van der Waals surface area (Å²) >= 11 is 6.73. The number of halogens is 2. The lowest BCUT2D eigenvalue weighted by Gasteiger charge is -2.41. The molecule has 3 fully saturated rings. The lowest BCUT2D eigenvalue weighted by Crippen LogP contribution is -2.56. The van der Waals surface area contributed by atoms with Gasteiger partial charge < -0.3 is 24.3 Å². The van der Waals surface area contributed by atoms with Crippen LogP contribution in [-0.2, 0) is 17.8 Å². The molecule has 0 unspecified atom stereocenters. The van der Waals surface area contributed by atoms with E-state index in [9.17, 15) is 9.18 Å². The number of carbonyl (C=O) groups is 1. The Balaban J connectivity index is 1.22. The molecule has 1 aromatic heterocycles. The van der Waals surface area contributed by atoms with Crippen LogP contribution in [0.2, 0.25) is 5.02 Å². The summed E-state index contributed by atoms with van der Waals surface area (Å²) in [4.78, 5) is 35.3. The van der Waals surface area contributed by atoms with Crippen molar-refractivity contribution < 1.29 is 13.9 Å². The van der Waals surface area contributed by atoms with Crippen LogP contribution in [0.1, 0.15) is 36.9 Å². The van der Waals surface area contributed by atoms with E-state index in [1.54, 1.807) is 4.90 Å². The number of nitrogens with zero attached hydrogens (tertiary/aromatic N) is 7. The number of hydrogen-bond donors (Lipinski definition) is 0. The van der Waals surface area contributed by atoms with Crippen molar-refractivity contribution in [2.75, 3.05) is 68.9 Å². The molecule has 9 nitrogen and oxygen atoms in total. The Kier molecular flexibility index (Phi) is 8.71. The van der Waals surface area contributed by atoms with E-state index >= 15 is 0 Å². The second-order valence-electron chi connectivity index (χ2n) is 12.8. The first-order chi connectivity index (χ1) is 22.5. The van der Waals surface area contributed by atoms with Gasteiger partial charge in [0.05, 0.1) is 22.8 Å². The summed E-state index contributed by atoms with van der Waals surface area (Å²) in [5, 5.41) is 2.86. The number of aromatic nitrogens is 2. The zero-order valence-corrected chi connectivity index (χ0v) is 26.8. The van der Waals surface area contributed by atoms with Gasteiger partial charge >= 0.3 is 6.01 Å². The Morgan fingerprint density at radius 1 is 1.09 bits per heavy atom. The molecular formula is C35H39ClFN7O2. The van der Waals surface area contributed by atoms with Crippen molar-refractivity contribution in [3.05, 3.63) is 76.2 Å². The molecule has 240 valence electrons. The molecule has 1 amide bonds. The van der Waals surface area contributed by atoms with E-state index in [-0.39, 0.29) is 24.0 Å². The summed E-state index contributed by atoms with van der Waals surface area (Å²) in [7, 11) is 0. The molecule has 0 aliphatic carbocycles. The van der Waals surface area contributed by atoms with Crippen LogP contribution in [0.25, 0.3) is 15.6 Å². The van der Waals surface area contributed by atoms with Crippen molar-refractivity contribution in [2.24, 2.45) is 0 Å². The summed E-state index contributed by atoms with van der Waals surface area (Å²) < 4.78 is 19.3. The number of ether oxygens (including phenoxy) is 1. The van der Waals surface area contributed by atoms with Crippen LogP contribution < -0.4 is 14.5 Å². The molecule has 3 saturated heterocycles. The largest absolute Gasteiger partial charge is 0.461 e. The van der Waals surface area contributed by atoms with E-state index < -0.39 is 6.67 Å². The minimum atomic E-state index is -0.698. The van der Waals surface area contributed by atoms with Crippen LogP contribution in [0.15, 0.2) is 48.6 Å². The van der Waals surface area contributed by atoms with Gasteiger partial charge in [-0.1, -0.05) is 35.9 Å². The first-order valence-corrected chi connectivity index (χ1v) is 16.7. The van der Waals surface area contributed by atoms with E-state index in [0.29, 0.717) is 38.8 Å². The number of rotatable bonds is 8. The van der Waals surface area contributed by atoms with Gasteiger partial charge in [0.1, 0.15) is 25.1 Å². The third kappa shape index (κ3) is 5.75. The highest BCUT2D eigenvalue weighted by molar-refractivity contribution is 6.36. The topological polar surface area (TPSA) is 69.4 Å². The maximum absolute atomic E-state index is 12.8. The molecule has 11 heteroatoms. The number of allylic oxidation sites excluding steroid dienone is 1. The molecule has 0 bridgehead atoms. The van der Waals surface area contributed by atoms with Gasteiger partial charge in [0.2, 0.25) is 12.5 Å². The Labute approximate surface area is 274 Å². The number of anilines is 2. The molecule has 0 radical (unpaired) electrons. The quantitative estimate of drug-likeness (QED) is 0.243. The van der Waals surface area contributed by atoms with Crippen molar-refractivity contribution in [3.63, 3.8) is 0 Å². The van der Waals surface area contributed by atoms with Crippen molar-refractivity contribution in [3.8, 4) is 6.01 Å². The molecule has 1 atom stereocenters. The van der Waals surface area contributed by atoms with Crippen LogP contribution in [0.3, 0.4) is 0 Å². The third-order valence-corrected chi connectivity index (χ3v) is 10.5. The predicted octanol–water partition coefficient (Wildman–Crippen LogP) is 5.32. The van der Waals surface area contributed by atoms with E-state index in [1.165, 1.54) is 25.0 Å². The smallest absolute Gasteiger partial charge is 0.318 e.